The average Bonchev–Trinajstić information content (AvgIpc) is 2.41. The zero-order valence-electron chi connectivity index (χ0n) is 14.8. The first-order valence-electron chi connectivity index (χ1n) is 8.92. The van der Waals surface area contributed by atoms with Crippen molar-refractivity contribution >= 4 is 0 Å². The van der Waals surface area contributed by atoms with Gasteiger partial charge in [-0.2, -0.15) is 0 Å². The molecule has 1 fully saturated rings. The van der Waals surface area contributed by atoms with Gasteiger partial charge in [-0.15, -0.1) is 0 Å². The largest absolute Gasteiger partial charge is 0.309 e. The summed E-state index contributed by atoms with van der Waals surface area (Å²) in [5.41, 5.74) is 0.271. The summed E-state index contributed by atoms with van der Waals surface area (Å²) in [6.45, 7) is 17.8. The average molecular weight is 283 g/mol. The van der Waals surface area contributed by atoms with Gasteiger partial charge in [-0.05, 0) is 32.1 Å². The molecule has 0 bridgehead atoms. The lowest BCUT2D eigenvalue weighted by Gasteiger charge is -2.48. The van der Waals surface area contributed by atoms with Crippen LogP contribution in [-0.2, 0) is 0 Å². The number of nitrogens with one attached hydrogen (secondary N) is 1. The SMILES string of the molecule is CCCCC(CC)CN1CC(C)(C)NCC1C(C)CC. The number of nitrogens with zero attached hydrogens (tertiary/aromatic N) is 1. The number of hydrogen-bond donors (Lipinski definition) is 1. The Morgan fingerprint density at radius 3 is 2.45 bits per heavy atom. The van der Waals surface area contributed by atoms with Gasteiger partial charge in [-0.1, -0.05) is 53.4 Å². The van der Waals surface area contributed by atoms with E-state index in [1.807, 2.05) is 0 Å². The molecule has 0 saturated carbocycles. The summed E-state index contributed by atoms with van der Waals surface area (Å²) < 4.78 is 0. The molecule has 0 radical (unpaired) electrons. The van der Waals surface area contributed by atoms with E-state index in [0.29, 0.717) is 0 Å². The van der Waals surface area contributed by atoms with Crippen molar-refractivity contribution in [2.24, 2.45) is 11.8 Å². The highest BCUT2D eigenvalue weighted by Gasteiger charge is 2.35. The van der Waals surface area contributed by atoms with Crippen molar-refractivity contribution < 1.29 is 0 Å². The van der Waals surface area contributed by atoms with E-state index in [1.54, 1.807) is 0 Å². The van der Waals surface area contributed by atoms with E-state index in [4.69, 9.17) is 0 Å². The second kappa shape index (κ2) is 8.38. The molecule has 0 aliphatic carbocycles. The highest BCUT2D eigenvalue weighted by atomic mass is 15.3. The minimum absolute atomic E-state index is 0.271. The summed E-state index contributed by atoms with van der Waals surface area (Å²) in [4.78, 5) is 2.80. The summed E-state index contributed by atoms with van der Waals surface area (Å²) in [5.74, 6) is 1.68. The van der Waals surface area contributed by atoms with E-state index in [2.05, 4.69) is 51.8 Å². The van der Waals surface area contributed by atoms with Crippen LogP contribution in [0.15, 0.2) is 0 Å². The van der Waals surface area contributed by atoms with E-state index >= 15 is 0 Å². The van der Waals surface area contributed by atoms with Gasteiger partial charge in [0, 0.05) is 31.2 Å². The highest BCUT2D eigenvalue weighted by molar-refractivity contribution is 4.94. The second-order valence-corrected chi connectivity index (χ2v) is 7.56. The molecule has 0 spiro atoms. The van der Waals surface area contributed by atoms with Gasteiger partial charge >= 0.3 is 0 Å². The van der Waals surface area contributed by atoms with Crippen LogP contribution in [0.5, 0.6) is 0 Å². The Hall–Kier alpha value is -0.0800. The zero-order chi connectivity index (χ0) is 15.2. The third-order valence-corrected chi connectivity index (χ3v) is 5.19. The van der Waals surface area contributed by atoms with Gasteiger partial charge in [-0.25, -0.2) is 0 Å². The third kappa shape index (κ3) is 5.37. The Morgan fingerprint density at radius 1 is 1.20 bits per heavy atom. The van der Waals surface area contributed by atoms with Crippen LogP contribution in [0.3, 0.4) is 0 Å². The molecule has 20 heavy (non-hydrogen) atoms. The van der Waals surface area contributed by atoms with Crippen molar-refractivity contribution in [1.29, 1.82) is 0 Å². The van der Waals surface area contributed by atoms with Gasteiger partial charge in [0.05, 0.1) is 0 Å². The van der Waals surface area contributed by atoms with E-state index in [-0.39, 0.29) is 5.54 Å². The monoisotopic (exact) mass is 282 g/mol. The number of hydrogen-bond acceptors (Lipinski definition) is 2. The fraction of sp³-hybridized carbons (Fsp3) is 1.00. The fourth-order valence-corrected chi connectivity index (χ4v) is 3.47. The molecule has 2 heteroatoms. The first kappa shape index (κ1) is 18.0. The smallest absolute Gasteiger partial charge is 0.0252 e. The number of rotatable bonds is 8. The van der Waals surface area contributed by atoms with Gasteiger partial charge in [0.1, 0.15) is 0 Å². The van der Waals surface area contributed by atoms with Crippen molar-refractivity contribution in [2.45, 2.75) is 85.2 Å². The van der Waals surface area contributed by atoms with Crippen LogP contribution in [-0.4, -0.2) is 36.1 Å². The molecule has 3 unspecified atom stereocenters. The molecule has 0 aromatic heterocycles. The molecule has 1 rings (SSSR count). The first-order valence-corrected chi connectivity index (χ1v) is 8.92. The number of unbranched alkanes of at least 4 members (excludes halogenated alkanes) is 1. The summed E-state index contributed by atoms with van der Waals surface area (Å²) in [7, 11) is 0. The van der Waals surface area contributed by atoms with Crippen molar-refractivity contribution in [3.05, 3.63) is 0 Å². The second-order valence-electron chi connectivity index (χ2n) is 7.56. The Balaban J connectivity index is 2.67. The number of piperazine rings is 1. The maximum absolute atomic E-state index is 3.75. The summed E-state index contributed by atoms with van der Waals surface area (Å²) in [5, 5.41) is 3.75. The lowest BCUT2D eigenvalue weighted by Crippen LogP contribution is -2.63. The van der Waals surface area contributed by atoms with Crippen LogP contribution in [0.25, 0.3) is 0 Å². The van der Waals surface area contributed by atoms with Gasteiger partial charge in [0.25, 0.3) is 0 Å². The van der Waals surface area contributed by atoms with Crippen molar-refractivity contribution in [1.82, 2.24) is 10.2 Å². The Kier molecular flexibility index (Phi) is 7.53. The van der Waals surface area contributed by atoms with Gasteiger partial charge < -0.3 is 5.32 Å². The van der Waals surface area contributed by atoms with Crippen molar-refractivity contribution in [3.8, 4) is 0 Å². The Morgan fingerprint density at radius 2 is 1.90 bits per heavy atom. The summed E-state index contributed by atoms with van der Waals surface area (Å²) >= 11 is 0. The molecule has 1 heterocycles. The molecule has 3 atom stereocenters. The highest BCUT2D eigenvalue weighted by Crippen LogP contribution is 2.25. The molecule has 1 saturated heterocycles. The Labute approximate surface area is 127 Å². The van der Waals surface area contributed by atoms with Gasteiger partial charge in [0.2, 0.25) is 0 Å². The molecule has 1 N–H and O–H groups in total. The summed E-state index contributed by atoms with van der Waals surface area (Å²) in [6, 6.07) is 0.726. The molecular formula is C18H38N2. The minimum atomic E-state index is 0.271. The lowest BCUT2D eigenvalue weighted by atomic mass is 9.88. The lowest BCUT2D eigenvalue weighted by molar-refractivity contribution is 0.0479. The third-order valence-electron chi connectivity index (χ3n) is 5.19. The maximum atomic E-state index is 3.75. The molecular weight excluding hydrogens is 244 g/mol. The van der Waals surface area contributed by atoms with E-state index in [0.717, 1.165) is 24.4 Å². The van der Waals surface area contributed by atoms with Crippen molar-refractivity contribution in [2.75, 3.05) is 19.6 Å². The van der Waals surface area contributed by atoms with Crippen LogP contribution in [0, 0.1) is 11.8 Å². The predicted octanol–water partition coefficient (Wildman–Crippen LogP) is 4.30. The quantitative estimate of drug-likeness (QED) is 0.714. The van der Waals surface area contributed by atoms with Crippen LogP contribution in [0.4, 0.5) is 0 Å². The van der Waals surface area contributed by atoms with E-state index in [1.165, 1.54) is 45.2 Å². The van der Waals surface area contributed by atoms with Gasteiger partial charge in [0.15, 0.2) is 0 Å². The van der Waals surface area contributed by atoms with Crippen LogP contribution in [0.1, 0.15) is 73.6 Å². The van der Waals surface area contributed by atoms with E-state index < -0.39 is 0 Å². The maximum Gasteiger partial charge on any atom is 0.0252 e. The standard InChI is InChI=1S/C18H38N2/c1-7-10-11-16(9-3)13-20-14-18(5,6)19-12-17(20)15(4)8-2/h15-17,19H,7-14H2,1-6H3. The molecule has 0 aromatic rings. The van der Waals surface area contributed by atoms with Crippen LogP contribution >= 0.6 is 0 Å². The molecule has 2 nitrogen and oxygen atoms in total. The molecule has 0 aromatic carbocycles. The predicted molar refractivity (Wildman–Crippen MR) is 90.2 cm³/mol. The van der Waals surface area contributed by atoms with Crippen LogP contribution < -0.4 is 5.32 Å². The normalized spacial score (nSPS) is 26.4. The van der Waals surface area contributed by atoms with E-state index in [9.17, 15) is 0 Å². The Bertz CT molecular complexity index is 262. The van der Waals surface area contributed by atoms with Crippen molar-refractivity contribution in [3.63, 3.8) is 0 Å². The zero-order valence-corrected chi connectivity index (χ0v) is 14.8. The fourth-order valence-electron chi connectivity index (χ4n) is 3.47. The van der Waals surface area contributed by atoms with Crippen LogP contribution in [0.2, 0.25) is 0 Å². The first-order chi connectivity index (χ1) is 9.43. The molecule has 1 aliphatic rings. The molecule has 120 valence electrons. The molecule has 0 amide bonds. The minimum Gasteiger partial charge on any atom is -0.309 e. The topological polar surface area (TPSA) is 15.3 Å². The van der Waals surface area contributed by atoms with Gasteiger partial charge in [-0.3, -0.25) is 4.90 Å². The summed E-state index contributed by atoms with van der Waals surface area (Å²) in [6.07, 6.45) is 6.75. The molecule has 1 aliphatic heterocycles.